The highest BCUT2D eigenvalue weighted by Crippen LogP contribution is 2.33. The summed E-state index contributed by atoms with van der Waals surface area (Å²) in [5.74, 6) is 0.887. The van der Waals surface area contributed by atoms with Crippen LogP contribution in [0.25, 0.3) is 0 Å². The molecule has 2 amide bonds. The molecule has 2 atom stereocenters. The van der Waals surface area contributed by atoms with Gasteiger partial charge in [-0.3, -0.25) is 14.5 Å². The van der Waals surface area contributed by atoms with Crippen LogP contribution in [0.3, 0.4) is 0 Å². The molecule has 8 nitrogen and oxygen atoms in total. The van der Waals surface area contributed by atoms with Gasteiger partial charge in [-0.15, -0.1) is 0 Å². The highest BCUT2D eigenvalue weighted by molar-refractivity contribution is 6.03. The second kappa shape index (κ2) is 8.71. The lowest BCUT2D eigenvalue weighted by atomic mass is 10.0. The van der Waals surface area contributed by atoms with Gasteiger partial charge in [-0.2, -0.15) is 5.10 Å². The van der Waals surface area contributed by atoms with Crippen molar-refractivity contribution >= 4 is 17.5 Å². The van der Waals surface area contributed by atoms with E-state index in [-0.39, 0.29) is 24.4 Å². The van der Waals surface area contributed by atoms with Crippen LogP contribution in [0.5, 0.6) is 5.75 Å². The minimum absolute atomic E-state index is 0.101. The first-order valence-electron chi connectivity index (χ1n) is 10.2. The lowest BCUT2D eigenvalue weighted by molar-refractivity contribution is -0.137. The third kappa shape index (κ3) is 4.09. The van der Waals surface area contributed by atoms with E-state index >= 15 is 0 Å². The highest BCUT2D eigenvalue weighted by Gasteiger charge is 2.37. The number of rotatable bonds is 6. The van der Waals surface area contributed by atoms with Gasteiger partial charge in [0.1, 0.15) is 17.6 Å². The fourth-order valence-electron chi connectivity index (χ4n) is 4.15. The van der Waals surface area contributed by atoms with Crippen LogP contribution in [0.1, 0.15) is 43.0 Å². The van der Waals surface area contributed by atoms with Crippen LogP contribution in [0.2, 0.25) is 0 Å². The SMILES string of the molecule is COc1ccc(C2=NN(C(=O)CN3CCCC[C@H]3C(N)=O)[C@H](c3ccco3)C2)cc1. The molecule has 0 saturated carbocycles. The summed E-state index contributed by atoms with van der Waals surface area (Å²) < 4.78 is 10.8. The van der Waals surface area contributed by atoms with Crippen LogP contribution in [-0.2, 0) is 9.59 Å². The number of methoxy groups -OCH3 is 1. The Morgan fingerprint density at radius 3 is 2.70 bits per heavy atom. The average Bonchev–Trinajstić information content (AvgIpc) is 3.44. The number of furan rings is 1. The van der Waals surface area contributed by atoms with Gasteiger partial charge >= 0.3 is 0 Å². The third-order valence-corrected chi connectivity index (χ3v) is 5.74. The molecular weight excluding hydrogens is 384 g/mol. The van der Waals surface area contributed by atoms with Crippen LogP contribution in [0, 0.1) is 0 Å². The van der Waals surface area contributed by atoms with E-state index < -0.39 is 6.04 Å². The lowest BCUT2D eigenvalue weighted by Gasteiger charge is -2.34. The van der Waals surface area contributed by atoms with Crippen molar-refractivity contribution in [2.45, 2.75) is 37.8 Å². The van der Waals surface area contributed by atoms with E-state index in [2.05, 4.69) is 5.10 Å². The van der Waals surface area contributed by atoms with E-state index in [4.69, 9.17) is 14.9 Å². The zero-order valence-electron chi connectivity index (χ0n) is 17.0. The molecule has 1 saturated heterocycles. The Morgan fingerprint density at radius 2 is 2.03 bits per heavy atom. The number of amides is 2. The molecule has 0 spiro atoms. The van der Waals surface area contributed by atoms with Gasteiger partial charge < -0.3 is 14.9 Å². The maximum atomic E-state index is 13.2. The largest absolute Gasteiger partial charge is 0.497 e. The van der Waals surface area contributed by atoms with Crippen molar-refractivity contribution in [3.63, 3.8) is 0 Å². The Morgan fingerprint density at radius 1 is 1.23 bits per heavy atom. The minimum atomic E-state index is -0.405. The van der Waals surface area contributed by atoms with Gasteiger partial charge in [0.05, 0.1) is 31.7 Å². The van der Waals surface area contributed by atoms with Crippen molar-refractivity contribution in [2.75, 3.05) is 20.2 Å². The smallest absolute Gasteiger partial charge is 0.257 e. The van der Waals surface area contributed by atoms with Gasteiger partial charge in [-0.05, 0) is 61.3 Å². The molecule has 30 heavy (non-hydrogen) atoms. The molecule has 2 aromatic rings. The summed E-state index contributed by atoms with van der Waals surface area (Å²) in [5, 5.41) is 6.13. The molecule has 1 aromatic heterocycles. The van der Waals surface area contributed by atoms with Crippen LogP contribution >= 0.6 is 0 Å². The number of hydrogen-bond donors (Lipinski definition) is 1. The molecule has 8 heteroatoms. The molecular formula is C22H26N4O4. The summed E-state index contributed by atoms with van der Waals surface area (Å²) in [5.41, 5.74) is 7.28. The third-order valence-electron chi connectivity index (χ3n) is 5.74. The van der Waals surface area contributed by atoms with Crippen molar-refractivity contribution in [1.29, 1.82) is 0 Å². The summed E-state index contributed by atoms with van der Waals surface area (Å²) in [6.07, 6.45) is 4.71. The molecule has 0 bridgehead atoms. The van der Waals surface area contributed by atoms with Crippen molar-refractivity contribution in [2.24, 2.45) is 10.8 Å². The van der Waals surface area contributed by atoms with Gasteiger partial charge in [0.2, 0.25) is 5.91 Å². The number of ether oxygens (including phenoxy) is 1. The standard InChI is InChI=1S/C22H26N4O4/c1-29-16-9-7-15(8-10-16)17-13-19(20-6-4-12-30-20)26(24-17)21(27)14-25-11-3-2-5-18(25)22(23)28/h4,6-10,12,18-19H,2-3,5,11,13-14H2,1H3,(H2,23,28)/t18-,19-/m0/s1. The molecule has 0 unspecified atom stereocenters. The molecule has 4 rings (SSSR count). The van der Waals surface area contributed by atoms with Crippen molar-refractivity contribution in [3.05, 3.63) is 54.0 Å². The molecule has 0 aliphatic carbocycles. The molecule has 3 heterocycles. The number of nitrogens with two attached hydrogens (primary N) is 1. The number of hydrazone groups is 1. The fraction of sp³-hybridized carbons (Fsp3) is 0.409. The average molecular weight is 410 g/mol. The number of carbonyl (C=O) groups is 2. The molecule has 2 aliphatic heterocycles. The summed E-state index contributed by atoms with van der Waals surface area (Å²) in [4.78, 5) is 26.9. The predicted molar refractivity (Wildman–Crippen MR) is 111 cm³/mol. The van der Waals surface area contributed by atoms with E-state index in [1.807, 2.05) is 35.2 Å². The second-order valence-corrected chi connectivity index (χ2v) is 7.63. The normalized spacial score (nSPS) is 22.0. The number of hydrogen-bond acceptors (Lipinski definition) is 6. The minimum Gasteiger partial charge on any atom is -0.497 e. The van der Waals surface area contributed by atoms with Crippen LogP contribution in [-0.4, -0.2) is 53.7 Å². The maximum absolute atomic E-state index is 13.2. The number of likely N-dealkylation sites (tertiary alicyclic amines) is 1. The molecule has 1 aromatic carbocycles. The Balaban J connectivity index is 1.57. The quantitative estimate of drug-likeness (QED) is 0.787. The van der Waals surface area contributed by atoms with Crippen molar-refractivity contribution in [1.82, 2.24) is 9.91 Å². The Bertz CT molecular complexity index is 923. The van der Waals surface area contributed by atoms with Gasteiger partial charge in [0.25, 0.3) is 5.91 Å². The van der Waals surface area contributed by atoms with Crippen molar-refractivity contribution in [3.8, 4) is 5.75 Å². The number of nitrogens with zero attached hydrogens (tertiary/aromatic N) is 3. The van der Waals surface area contributed by atoms with E-state index in [0.717, 1.165) is 29.9 Å². The molecule has 158 valence electrons. The number of benzene rings is 1. The lowest BCUT2D eigenvalue weighted by Crippen LogP contribution is -2.51. The second-order valence-electron chi connectivity index (χ2n) is 7.63. The molecule has 1 fully saturated rings. The van der Waals surface area contributed by atoms with E-state index in [9.17, 15) is 9.59 Å². The van der Waals surface area contributed by atoms with Gasteiger partial charge in [-0.1, -0.05) is 6.42 Å². The predicted octanol–water partition coefficient (Wildman–Crippen LogP) is 2.31. The fourth-order valence-corrected chi connectivity index (χ4v) is 4.15. The summed E-state index contributed by atoms with van der Waals surface area (Å²) >= 11 is 0. The van der Waals surface area contributed by atoms with Crippen LogP contribution in [0.4, 0.5) is 0 Å². The van der Waals surface area contributed by atoms with E-state index in [1.165, 1.54) is 5.01 Å². The van der Waals surface area contributed by atoms with Gasteiger partial charge in [0.15, 0.2) is 0 Å². The van der Waals surface area contributed by atoms with Gasteiger partial charge in [-0.25, -0.2) is 5.01 Å². The Kier molecular flexibility index (Phi) is 5.85. The molecule has 2 N–H and O–H groups in total. The zero-order chi connectivity index (χ0) is 21.1. The first kappa shape index (κ1) is 20.2. The van der Waals surface area contributed by atoms with Crippen molar-refractivity contribution < 1.29 is 18.7 Å². The molecule has 0 radical (unpaired) electrons. The van der Waals surface area contributed by atoms with E-state index in [0.29, 0.717) is 25.1 Å². The summed E-state index contributed by atoms with van der Waals surface area (Å²) in [7, 11) is 1.62. The number of primary amides is 1. The first-order valence-corrected chi connectivity index (χ1v) is 10.2. The topological polar surface area (TPSA) is 101 Å². The molecule has 2 aliphatic rings. The monoisotopic (exact) mass is 410 g/mol. The number of carbonyl (C=O) groups excluding carboxylic acids is 2. The Labute approximate surface area is 175 Å². The van der Waals surface area contributed by atoms with Crippen LogP contribution in [0.15, 0.2) is 52.2 Å². The van der Waals surface area contributed by atoms with Gasteiger partial charge in [0, 0.05) is 6.42 Å². The maximum Gasteiger partial charge on any atom is 0.257 e. The summed E-state index contributed by atoms with van der Waals surface area (Å²) in [6, 6.07) is 10.5. The summed E-state index contributed by atoms with van der Waals surface area (Å²) in [6.45, 7) is 0.776. The zero-order valence-corrected chi connectivity index (χ0v) is 17.0. The highest BCUT2D eigenvalue weighted by atomic mass is 16.5. The first-order chi connectivity index (χ1) is 14.6. The van der Waals surface area contributed by atoms with E-state index in [1.54, 1.807) is 19.4 Å². The van der Waals surface area contributed by atoms with Crippen LogP contribution < -0.4 is 10.5 Å². The Hall–Kier alpha value is -3.13. The number of piperidine rings is 1.